The van der Waals surface area contributed by atoms with Crippen LogP contribution in [0.3, 0.4) is 0 Å². The standard InChI is InChI=1S/C18H32O2/c1-2-3-11-14-17-18(20-17)15-12-9-7-5-4-6-8-10-13-16-19/h9,12,16-18H,2-8,10-11,13-15H2,1H3/t17-,18+/m1/s1. The fourth-order valence-electron chi connectivity index (χ4n) is 2.60. The highest BCUT2D eigenvalue weighted by Gasteiger charge is 2.36. The third kappa shape index (κ3) is 9.30. The van der Waals surface area contributed by atoms with Crippen LogP contribution in [0.5, 0.6) is 0 Å². The first kappa shape index (κ1) is 17.4. The molecular weight excluding hydrogens is 248 g/mol. The number of aldehydes is 1. The normalized spacial score (nSPS) is 21.4. The molecule has 0 aromatic heterocycles. The Morgan fingerprint density at radius 1 is 0.850 bits per heavy atom. The lowest BCUT2D eigenvalue weighted by Gasteiger charge is -1.97. The molecule has 2 nitrogen and oxygen atoms in total. The maximum absolute atomic E-state index is 10.1. The summed E-state index contributed by atoms with van der Waals surface area (Å²) in [6.45, 7) is 2.25. The van der Waals surface area contributed by atoms with Crippen molar-refractivity contribution in [2.45, 2.75) is 96.2 Å². The average molecular weight is 280 g/mol. The van der Waals surface area contributed by atoms with Gasteiger partial charge >= 0.3 is 0 Å². The summed E-state index contributed by atoms with van der Waals surface area (Å²) in [5, 5.41) is 0. The molecule has 20 heavy (non-hydrogen) atoms. The molecule has 0 bridgehead atoms. The number of ether oxygens (including phenoxy) is 1. The van der Waals surface area contributed by atoms with Crippen LogP contribution in [-0.4, -0.2) is 18.5 Å². The van der Waals surface area contributed by atoms with Crippen LogP contribution in [0.1, 0.15) is 84.0 Å². The fraction of sp³-hybridized carbons (Fsp3) is 0.833. The Bertz CT molecular complexity index is 260. The largest absolute Gasteiger partial charge is 0.369 e. The Morgan fingerprint density at radius 3 is 2.35 bits per heavy atom. The fourth-order valence-corrected chi connectivity index (χ4v) is 2.60. The van der Waals surface area contributed by atoms with Crippen molar-refractivity contribution in [3.05, 3.63) is 12.2 Å². The molecule has 0 aromatic rings. The lowest BCUT2D eigenvalue weighted by atomic mass is 10.1. The smallest absolute Gasteiger partial charge is 0.119 e. The molecule has 0 saturated carbocycles. The van der Waals surface area contributed by atoms with E-state index in [4.69, 9.17) is 4.74 Å². The average Bonchev–Trinajstić information content (AvgIpc) is 3.20. The van der Waals surface area contributed by atoms with Crippen molar-refractivity contribution in [1.82, 2.24) is 0 Å². The van der Waals surface area contributed by atoms with Gasteiger partial charge in [0.1, 0.15) is 6.29 Å². The first-order valence-electron chi connectivity index (χ1n) is 8.62. The van der Waals surface area contributed by atoms with Gasteiger partial charge < -0.3 is 9.53 Å². The lowest BCUT2D eigenvalue weighted by molar-refractivity contribution is -0.107. The molecule has 1 aliphatic heterocycles. The summed E-state index contributed by atoms with van der Waals surface area (Å²) in [6, 6.07) is 0. The molecule has 2 atom stereocenters. The maximum Gasteiger partial charge on any atom is 0.119 e. The SMILES string of the molecule is CCCCC[C@H]1O[C@H]1CC=CCCCCCCCC=O. The number of allylic oxidation sites excluding steroid dienone is 1. The van der Waals surface area contributed by atoms with Crippen molar-refractivity contribution in [2.24, 2.45) is 0 Å². The van der Waals surface area contributed by atoms with E-state index in [2.05, 4.69) is 19.1 Å². The molecule has 0 aromatic carbocycles. The van der Waals surface area contributed by atoms with E-state index in [1.807, 2.05) is 0 Å². The summed E-state index contributed by atoms with van der Waals surface area (Å²) < 4.78 is 5.67. The number of carbonyl (C=O) groups is 1. The summed E-state index contributed by atoms with van der Waals surface area (Å²) in [4.78, 5) is 10.1. The predicted octanol–water partition coefficient (Wildman–Crippen LogP) is 5.21. The van der Waals surface area contributed by atoms with Crippen LogP contribution in [-0.2, 0) is 9.53 Å². The molecular formula is C18H32O2. The minimum atomic E-state index is 0.520. The minimum Gasteiger partial charge on any atom is -0.369 e. The van der Waals surface area contributed by atoms with E-state index in [1.54, 1.807) is 0 Å². The first-order valence-corrected chi connectivity index (χ1v) is 8.62. The Hall–Kier alpha value is -0.630. The number of hydrogen-bond acceptors (Lipinski definition) is 2. The number of unbranched alkanes of at least 4 members (excludes halogenated alkanes) is 8. The Labute approximate surface area is 125 Å². The Balaban J connectivity index is 1.80. The van der Waals surface area contributed by atoms with Gasteiger partial charge in [-0.05, 0) is 32.1 Å². The molecule has 0 radical (unpaired) electrons. The zero-order chi connectivity index (χ0) is 14.5. The Morgan fingerprint density at radius 2 is 1.60 bits per heavy atom. The van der Waals surface area contributed by atoms with Gasteiger partial charge in [0.25, 0.3) is 0 Å². The maximum atomic E-state index is 10.1. The summed E-state index contributed by atoms with van der Waals surface area (Å²) in [5.74, 6) is 0. The first-order chi connectivity index (χ1) is 9.88. The molecule has 1 fully saturated rings. The van der Waals surface area contributed by atoms with Gasteiger partial charge in [-0.1, -0.05) is 57.6 Å². The van der Waals surface area contributed by atoms with E-state index >= 15 is 0 Å². The van der Waals surface area contributed by atoms with E-state index in [1.165, 1.54) is 57.8 Å². The van der Waals surface area contributed by atoms with E-state index < -0.39 is 0 Å². The van der Waals surface area contributed by atoms with Gasteiger partial charge in [0.05, 0.1) is 12.2 Å². The van der Waals surface area contributed by atoms with Crippen molar-refractivity contribution in [3.8, 4) is 0 Å². The van der Waals surface area contributed by atoms with Gasteiger partial charge in [-0.2, -0.15) is 0 Å². The quantitative estimate of drug-likeness (QED) is 0.189. The number of hydrogen-bond donors (Lipinski definition) is 0. The highest BCUT2D eigenvalue weighted by Crippen LogP contribution is 2.30. The number of epoxide rings is 1. The summed E-state index contributed by atoms with van der Waals surface area (Å²) in [5.41, 5.74) is 0. The topological polar surface area (TPSA) is 29.6 Å². The van der Waals surface area contributed by atoms with Gasteiger partial charge in [0, 0.05) is 6.42 Å². The summed E-state index contributed by atoms with van der Waals surface area (Å²) in [7, 11) is 0. The molecule has 1 saturated heterocycles. The predicted molar refractivity (Wildman–Crippen MR) is 84.9 cm³/mol. The van der Waals surface area contributed by atoms with Gasteiger partial charge in [0.2, 0.25) is 0 Å². The zero-order valence-corrected chi connectivity index (χ0v) is 13.2. The van der Waals surface area contributed by atoms with Crippen LogP contribution in [0.4, 0.5) is 0 Å². The van der Waals surface area contributed by atoms with Crippen molar-refractivity contribution in [1.29, 1.82) is 0 Å². The molecule has 0 unspecified atom stereocenters. The van der Waals surface area contributed by atoms with Crippen molar-refractivity contribution in [3.63, 3.8) is 0 Å². The third-order valence-corrected chi connectivity index (χ3v) is 4.01. The second-order valence-electron chi connectivity index (χ2n) is 5.93. The molecule has 116 valence electrons. The molecule has 0 amide bonds. The lowest BCUT2D eigenvalue weighted by Crippen LogP contribution is -1.92. The van der Waals surface area contributed by atoms with Crippen LogP contribution >= 0.6 is 0 Å². The van der Waals surface area contributed by atoms with Crippen LogP contribution in [0.2, 0.25) is 0 Å². The summed E-state index contributed by atoms with van der Waals surface area (Å²) >= 11 is 0. The van der Waals surface area contributed by atoms with Gasteiger partial charge in [-0.15, -0.1) is 0 Å². The number of carbonyl (C=O) groups excluding carboxylic acids is 1. The molecule has 0 N–H and O–H groups in total. The van der Waals surface area contributed by atoms with Crippen LogP contribution in [0.25, 0.3) is 0 Å². The highest BCUT2D eigenvalue weighted by molar-refractivity contribution is 5.48. The zero-order valence-electron chi connectivity index (χ0n) is 13.2. The van der Waals surface area contributed by atoms with Crippen LogP contribution in [0.15, 0.2) is 12.2 Å². The summed E-state index contributed by atoms with van der Waals surface area (Å²) in [6.07, 6.45) is 21.1. The van der Waals surface area contributed by atoms with Crippen molar-refractivity contribution in [2.75, 3.05) is 0 Å². The van der Waals surface area contributed by atoms with Crippen LogP contribution in [0, 0.1) is 0 Å². The Kier molecular flexibility index (Phi) is 10.6. The molecule has 1 heterocycles. The molecule has 1 aliphatic rings. The highest BCUT2D eigenvalue weighted by atomic mass is 16.6. The third-order valence-electron chi connectivity index (χ3n) is 4.01. The second kappa shape index (κ2) is 12.1. The van der Waals surface area contributed by atoms with Gasteiger partial charge in [-0.3, -0.25) is 0 Å². The van der Waals surface area contributed by atoms with E-state index in [0.717, 1.165) is 25.5 Å². The van der Waals surface area contributed by atoms with Gasteiger partial charge in [-0.25, -0.2) is 0 Å². The second-order valence-corrected chi connectivity index (χ2v) is 5.93. The van der Waals surface area contributed by atoms with Crippen LogP contribution < -0.4 is 0 Å². The van der Waals surface area contributed by atoms with E-state index in [9.17, 15) is 4.79 Å². The van der Waals surface area contributed by atoms with Gasteiger partial charge in [0.15, 0.2) is 0 Å². The van der Waals surface area contributed by atoms with E-state index in [0.29, 0.717) is 12.2 Å². The molecule has 2 heteroatoms. The van der Waals surface area contributed by atoms with Crippen molar-refractivity contribution >= 4 is 6.29 Å². The van der Waals surface area contributed by atoms with Crippen molar-refractivity contribution < 1.29 is 9.53 Å². The monoisotopic (exact) mass is 280 g/mol. The minimum absolute atomic E-state index is 0.520. The number of rotatable bonds is 14. The van der Waals surface area contributed by atoms with E-state index in [-0.39, 0.29) is 0 Å². The molecule has 0 spiro atoms. The molecule has 0 aliphatic carbocycles. The molecule has 1 rings (SSSR count).